The first-order chi connectivity index (χ1) is 10.1. The summed E-state index contributed by atoms with van der Waals surface area (Å²) >= 11 is 0. The fraction of sp³-hybridized carbons (Fsp3) is 0.947. The summed E-state index contributed by atoms with van der Waals surface area (Å²) in [5.74, 6) is 1.38. The lowest BCUT2D eigenvalue weighted by atomic mass is 9.72. The third-order valence-corrected chi connectivity index (χ3v) is 6.68. The zero-order valence-corrected chi connectivity index (χ0v) is 16.5. The monoisotopic (exact) mass is 324 g/mol. The predicted molar refractivity (Wildman–Crippen MR) is 95.6 cm³/mol. The molecule has 22 heavy (non-hydrogen) atoms. The first-order valence-electron chi connectivity index (χ1n) is 9.31. The van der Waals surface area contributed by atoms with Crippen molar-refractivity contribution in [3.05, 3.63) is 0 Å². The van der Waals surface area contributed by atoms with Gasteiger partial charge < -0.3 is 4.43 Å². The molecule has 0 aromatic rings. The molecule has 1 spiro atoms. The van der Waals surface area contributed by atoms with Crippen LogP contribution in [0.25, 0.3) is 0 Å². The molecule has 128 valence electrons. The van der Waals surface area contributed by atoms with Crippen LogP contribution in [0.3, 0.4) is 0 Å². The molecule has 2 nitrogen and oxygen atoms in total. The first kappa shape index (κ1) is 18.2. The maximum absolute atomic E-state index is 11.8. The van der Waals surface area contributed by atoms with Crippen LogP contribution in [0.4, 0.5) is 0 Å². The molecule has 0 aromatic heterocycles. The molecule has 2 saturated carbocycles. The van der Waals surface area contributed by atoms with E-state index in [1.165, 1.54) is 44.9 Å². The summed E-state index contributed by atoms with van der Waals surface area (Å²) in [7, 11) is -1.45. The smallest absolute Gasteiger partial charge is 0.184 e. The van der Waals surface area contributed by atoms with Gasteiger partial charge in [-0.15, -0.1) is 0 Å². The van der Waals surface area contributed by atoms with E-state index in [0.717, 1.165) is 25.2 Å². The van der Waals surface area contributed by atoms with Crippen molar-refractivity contribution in [1.82, 2.24) is 0 Å². The Labute approximate surface area is 138 Å². The lowest BCUT2D eigenvalue weighted by molar-refractivity contribution is -0.123. The summed E-state index contributed by atoms with van der Waals surface area (Å²) in [5, 5.41) is 0. The van der Waals surface area contributed by atoms with Crippen LogP contribution in [-0.2, 0) is 9.22 Å². The van der Waals surface area contributed by atoms with Crippen LogP contribution in [0.5, 0.6) is 0 Å². The fourth-order valence-corrected chi connectivity index (χ4v) is 6.67. The van der Waals surface area contributed by atoms with E-state index in [1.807, 2.05) is 0 Å². The molecule has 0 aliphatic heterocycles. The van der Waals surface area contributed by atoms with Crippen molar-refractivity contribution in [2.45, 2.75) is 103 Å². The van der Waals surface area contributed by atoms with Gasteiger partial charge in [0.05, 0.1) is 5.60 Å². The van der Waals surface area contributed by atoms with E-state index in [2.05, 4.69) is 33.5 Å². The van der Waals surface area contributed by atoms with Crippen molar-refractivity contribution in [2.24, 2.45) is 11.3 Å². The van der Waals surface area contributed by atoms with E-state index in [1.54, 1.807) is 0 Å². The summed E-state index contributed by atoms with van der Waals surface area (Å²) in [6.45, 7) is 11.3. The third-order valence-electron chi connectivity index (χ3n) is 5.51. The summed E-state index contributed by atoms with van der Waals surface area (Å²) in [6, 6.07) is 0. The van der Waals surface area contributed by atoms with Crippen molar-refractivity contribution < 1.29 is 9.22 Å². The maximum Gasteiger partial charge on any atom is 0.184 e. The molecule has 0 saturated heterocycles. The molecule has 0 bridgehead atoms. The minimum absolute atomic E-state index is 0.0293. The molecule has 2 atom stereocenters. The number of carbonyl (C=O) groups is 1. The molecule has 0 amide bonds. The Bertz CT molecular complexity index is 397. The highest BCUT2D eigenvalue weighted by molar-refractivity contribution is 6.69. The Morgan fingerprint density at radius 3 is 2.64 bits per heavy atom. The van der Waals surface area contributed by atoms with Gasteiger partial charge in [0.1, 0.15) is 5.78 Å². The zero-order chi connectivity index (χ0) is 16.4. The number of Topliss-reactive ketones (excluding diaryl/α,β-unsaturated/α-hetero) is 1. The largest absolute Gasteiger partial charge is 0.413 e. The summed E-state index contributed by atoms with van der Waals surface area (Å²) in [4.78, 5) is 11.8. The fourth-order valence-electron chi connectivity index (χ4n) is 4.91. The number of rotatable bonds is 6. The molecule has 0 N–H and O–H groups in total. The Kier molecular flexibility index (Phi) is 5.59. The standard InChI is InChI=1S/C19H36O2Si/c1-18(2,21-22(3,4)5)11-6-8-16-10-13-19(14-16)12-7-9-17(20)15-19/h16H,6-15H2,1-5H3. The van der Waals surface area contributed by atoms with Crippen LogP contribution >= 0.6 is 0 Å². The molecular weight excluding hydrogens is 288 g/mol. The summed E-state index contributed by atoms with van der Waals surface area (Å²) < 4.78 is 6.31. The van der Waals surface area contributed by atoms with Gasteiger partial charge in [-0.3, -0.25) is 4.79 Å². The highest BCUT2D eigenvalue weighted by Gasteiger charge is 2.41. The minimum Gasteiger partial charge on any atom is -0.413 e. The SMILES string of the molecule is CC(C)(CCCC1CCC2(CCCC(=O)C2)C1)O[Si](C)(C)C. The number of hydrogen-bond donors (Lipinski definition) is 0. The number of ketones is 1. The molecule has 0 radical (unpaired) electrons. The van der Waals surface area contributed by atoms with Crippen LogP contribution in [0.15, 0.2) is 0 Å². The van der Waals surface area contributed by atoms with Crippen molar-refractivity contribution in [3.63, 3.8) is 0 Å². The normalized spacial score (nSPS) is 30.2. The summed E-state index contributed by atoms with van der Waals surface area (Å²) in [6.07, 6.45) is 11.9. The second kappa shape index (κ2) is 6.76. The molecule has 0 heterocycles. The highest BCUT2D eigenvalue weighted by atomic mass is 28.4. The summed E-state index contributed by atoms with van der Waals surface area (Å²) in [5.41, 5.74) is 0.436. The van der Waals surface area contributed by atoms with Crippen molar-refractivity contribution >= 4 is 14.1 Å². The van der Waals surface area contributed by atoms with Gasteiger partial charge in [0.15, 0.2) is 8.32 Å². The molecule has 2 aliphatic rings. The average molecular weight is 325 g/mol. The van der Waals surface area contributed by atoms with Crippen LogP contribution in [0.2, 0.25) is 19.6 Å². The maximum atomic E-state index is 11.8. The molecule has 2 unspecified atom stereocenters. The van der Waals surface area contributed by atoms with Crippen molar-refractivity contribution in [2.75, 3.05) is 0 Å². The quantitative estimate of drug-likeness (QED) is 0.584. The van der Waals surface area contributed by atoms with Gasteiger partial charge in [-0.25, -0.2) is 0 Å². The van der Waals surface area contributed by atoms with Gasteiger partial charge in [-0.05, 0) is 83.3 Å². The van der Waals surface area contributed by atoms with E-state index in [0.29, 0.717) is 11.2 Å². The van der Waals surface area contributed by atoms with E-state index in [9.17, 15) is 4.79 Å². The van der Waals surface area contributed by atoms with Gasteiger partial charge >= 0.3 is 0 Å². The Morgan fingerprint density at radius 1 is 1.27 bits per heavy atom. The van der Waals surface area contributed by atoms with Crippen LogP contribution in [0.1, 0.15) is 78.1 Å². The minimum atomic E-state index is -1.45. The van der Waals surface area contributed by atoms with Gasteiger partial charge in [0.25, 0.3) is 0 Å². The van der Waals surface area contributed by atoms with E-state index in [4.69, 9.17) is 4.43 Å². The first-order valence-corrected chi connectivity index (χ1v) is 12.7. The Hall–Kier alpha value is -0.153. The van der Waals surface area contributed by atoms with Crippen molar-refractivity contribution in [1.29, 1.82) is 0 Å². The predicted octanol–water partition coefficient (Wildman–Crippen LogP) is 5.72. The lowest BCUT2D eigenvalue weighted by Gasteiger charge is -2.34. The topological polar surface area (TPSA) is 26.3 Å². The van der Waals surface area contributed by atoms with Crippen LogP contribution in [0, 0.1) is 11.3 Å². The van der Waals surface area contributed by atoms with Gasteiger partial charge in [-0.2, -0.15) is 0 Å². The number of carbonyl (C=O) groups excluding carboxylic acids is 1. The van der Waals surface area contributed by atoms with E-state index in [-0.39, 0.29) is 5.60 Å². The Balaban J connectivity index is 1.73. The second-order valence-corrected chi connectivity index (χ2v) is 14.0. The highest BCUT2D eigenvalue weighted by Crippen LogP contribution is 2.51. The van der Waals surface area contributed by atoms with Crippen molar-refractivity contribution in [3.8, 4) is 0 Å². The van der Waals surface area contributed by atoms with Gasteiger partial charge in [0, 0.05) is 12.8 Å². The number of hydrogen-bond acceptors (Lipinski definition) is 2. The Morgan fingerprint density at radius 2 is 2.00 bits per heavy atom. The molecule has 2 fully saturated rings. The second-order valence-electron chi connectivity index (χ2n) is 9.54. The third kappa shape index (κ3) is 5.49. The lowest BCUT2D eigenvalue weighted by Crippen LogP contribution is -2.38. The van der Waals surface area contributed by atoms with Crippen LogP contribution in [-0.4, -0.2) is 19.7 Å². The average Bonchev–Trinajstić information content (AvgIpc) is 2.68. The van der Waals surface area contributed by atoms with Gasteiger partial charge in [-0.1, -0.05) is 12.8 Å². The van der Waals surface area contributed by atoms with E-state index < -0.39 is 8.32 Å². The van der Waals surface area contributed by atoms with E-state index >= 15 is 0 Å². The molecule has 2 aliphatic carbocycles. The van der Waals surface area contributed by atoms with Crippen LogP contribution < -0.4 is 0 Å². The molecule has 2 rings (SSSR count). The van der Waals surface area contributed by atoms with Gasteiger partial charge in [0.2, 0.25) is 0 Å². The zero-order valence-electron chi connectivity index (χ0n) is 15.5. The molecule has 3 heteroatoms. The molecule has 0 aromatic carbocycles. The molecular formula is C19H36O2Si.